The molecular formula is C42H78IO6P. The third-order valence-corrected chi connectivity index (χ3v) is 12.7. The van der Waals surface area contributed by atoms with E-state index < -0.39 is 27.6 Å². The molecule has 0 unspecified atom stereocenters. The number of benzene rings is 1. The molecule has 1 aromatic carbocycles. The van der Waals surface area contributed by atoms with Gasteiger partial charge in [0.2, 0.25) is 0 Å². The fraction of sp³-hybridized carbons (Fsp3) is 0.857. The molecule has 2 N–H and O–H groups in total. The Labute approximate surface area is 315 Å². The Bertz CT molecular complexity index is 1040. The van der Waals surface area contributed by atoms with Gasteiger partial charge in [-0.25, -0.2) is 10.7 Å². The molecule has 1 aromatic rings. The number of halogens is 1. The number of phosphoric ester groups is 1. The second kappa shape index (κ2) is 33.1. The van der Waals surface area contributed by atoms with Crippen molar-refractivity contribution < 1.29 is 25.0 Å². The largest absolute Gasteiger partial charge is 0.524 e. The van der Waals surface area contributed by atoms with Gasteiger partial charge in [0, 0.05) is 0 Å². The first-order valence-corrected chi connectivity index (χ1v) is 25.6. The first-order valence-electron chi connectivity index (χ1n) is 21.2. The normalized spacial score (nSPS) is 11.9. The van der Waals surface area contributed by atoms with E-state index in [1.807, 2.05) is 6.07 Å². The van der Waals surface area contributed by atoms with Crippen molar-refractivity contribution in [3.63, 3.8) is 0 Å². The highest BCUT2D eigenvalue weighted by atomic mass is 127. The first kappa shape index (κ1) is 47.5. The van der Waals surface area contributed by atoms with E-state index >= 15 is 0 Å². The Kier molecular flexibility index (Phi) is 31.5. The predicted molar refractivity (Wildman–Crippen MR) is 220 cm³/mol. The van der Waals surface area contributed by atoms with Gasteiger partial charge in [-0.05, 0) is 42.9 Å². The van der Waals surface area contributed by atoms with Gasteiger partial charge in [0.25, 0.3) is 0 Å². The van der Waals surface area contributed by atoms with Crippen LogP contribution in [0.15, 0.2) is 12.1 Å². The Hall–Kier alpha value is -0.500. The highest BCUT2D eigenvalue weighted by Crippen LogP contribution is 2.43. The molecule has 0 aliphatic rings. The monoisotopic (exact) mass is 836 g/mol. The number of aryl methyl sites for hydroxylation is 2. The maximum Gasteiger partial charge on any atom is 0.524 e. The standard InChI is InChI=1S/C42H78IO6P/c1-3-5-7-9-11-13-15-17-19-21-23-25-27-29-31-33-35-39-37-40(42(43(44)45)41(38-39)49-50(46,47)48)36-34-32-30-28-26-24-22-20-18-16-14-12-10-8-6-4-2/h37-38H,3-36H2,1-2H3,(H2,46,47,48). The van der Waals surface area contributed by atoms with Crippen LogP contribution in [0.3, 0.4) is 0 Å². The molecule has 0 spiro atoms. The van der Waals surface area contributed by atoms with Crippen molar-refractivity contribution in [1.82, 2.24) is 0 Å². The fourth-order valence-corrected chi connectivity index (χ4v) is 9.42. The molecular weight excluding hydrogens is 758 g/mol. The molecule has 294 valence electrons. The van der Waals surface area contributed by atoms with Crippen LogP contribution in [-0.4, -0.2) is 9.79 Å². The zero-order chi connectivity index (χ0) is 36.5. The summed E-state index contributed by atoms with van der Waals surface area (Å²) in [6.45, 7) is 4.54. The Morgan fingerprint density at radius 2 is 0.780 bits per heavy atom. The van der Waals surface area contributed by atoms with Gasteiger partial charge >= 0.3 is 27.6 Å². The van der Waals surface area contributed by atoms with E-state index in [1.165, 1.54) is 173 Å². The lowest BCUT2D eigenvalue weighted by Gasteiger charge is -2.14. The van der Waals surface area contributed by atoms with Crippen molar-refractivity contribution in [2.45, 2.75) is 232 Å². The molecule has 6 nitrogen and oxygen atoms in total. The molecule has 0 saturated heterocycles. The van der Waals surface area contributed by atoms with Crippen molar-refractivity contribution in [2.75, 3.05) is 0 Å². The molecule has 8 heteroatoms. The van der Waals surface area contributed by atoms with Crippen LogP contribution >= 0.6 is 27.6 Å². The molecule has 0 radical (unpaired) electrons. The van der Waals surface area contributed by atoms with Crippen LogP contribution in [0, 0.1) is 3.57 Å². The molecule has 0 aromatic heterocycles. The molecule has 50 heavy (non-hydrogen) atoms. The molecule has 0 fully saturated rings. The average Bonchev–Trinajstić information content (AvgIpc) is 3.07. The van der Waals surface area contributed by atoms with Gasteiger partial charge in [0.15, 0.2) is 5.75 Å². The SMILES string of the molecule is CCCCCCCCCCCCCCCCCCc1cc(CCCCCCCCCCCCCCCCCC)c(I(=O)=O)c(OP(=O)(O)O)c1. The second-order valence-electron chi connectivity index (χ2n) is 15.0. The van der Waals surface area contributed by atoms with Crippen LogP contribution in [-0.2, 0) is 23.5 Å². The third kappa shape index (κ3) is 28.1. The summed E-state index contributed by atoms with van der Waals surface area (Å²) in [7, 11) is -4.87. The summed E-state index contributed by atoms with van der Waals surface area (Å²) in [6.07, 6.45) is 42.8. The van der Waals surface area contributed by atoms with Crippen LogP contribution in [0.5, 0.6) is 5.75 Å². The van der Waals surface area contributed by atoms with Crippen molar-refractivity contribution >= 4 is 27.6 Å². The van der Waals surface area contributed by atoms with E-state index in [2.05, 4.69) is 13.8 Å². The van der Waals surface area contributed by atoms with Gasteiger partial charge < -0.3 is 4.52 Å². The van der Waals surface area contributed by atoms with Crippen molar-refractivity contribution in [3.05, 3.63) is 26.8 Å². The zero-order valence-electron chi connectivity index (χ0n) is 32.5. The van der Waals surface area contributed by atoms with E-state index in [0.717, 1.165) is 44.1 Å². The highest BCUT2D eigenvalue weighted by molar-refractivity contribution is 14.2. The molecule has 0 amide bonds. The van der Waals surface area contributed by atoms with Crippen LogP contribution in [0.4, 0.5) is 0 Å². The first-order chi connectivity index (χ1) is 24.3. The number of phosphoric acid groups is 1. The van der Waals surface area contributed by atoms with Crippen LogP contribution in [0.1, 0.15) is 230 Å². The second-order valence-corrected chi connectivity index (χ2v) is 18.5. The Balaban J connectivity index is 2.33. The lowest BCUT2D eigenvalue weighted by Crippen LogP contribution is -2.01. The molecule has 0 aliphatic heterocycles. The number of hydrogen-bond acceptors (Lipinski definition) is 4. The number of unbranched alkanes of at least 4 members (excludes halogenated alkanes) is 30. The van der Waals surface area contributed by atoms with Crippen LogP contribution < -0.4 is 4.52 Å². The molecule has 0 bridgehead atoms. The van der Waals surface area contributed by atoms with Crippen molar-refractivity contribution in [1.29, 1.82) is 0 Å². The van der Waals surface area contributed by atoms with E-state index in [0.29, 0.717) is 12.0 Å². The highest BCUT2D eigenvalue weighted by Gasteiger charge is 2.24. The summed E-state index contributed by atoms with van der Waals surface area (Å²) in [5.41, 5.74) is 1.58. The quantitative estimate of drug-likeness (QED) is 0.0393. The lowest BCUT2D eigenvalue weighted by molar-refractivity contribution is 0.282. The number of hydrogen-bond donors (Lipinski definition) is 2. The number of rotatable bonds is 37. The van der Waals surface area contributed by atoms with Gasteiger partial charge in [-0.15, -0.1) is 0 Å². The topological polar surface area (TPSA) is 101 Å². The minimum Gasteiger partial charge on any atom is -0.403 e. The fourth-order valence-electron chi connectivity index (χ4n) is 7.16. The molecule has 1 rings (SSSR count). The smallest absolute Gasteiger partial charge is 0.403 e. The van der Waals surface area contributed by atoms with Gasteiger partial charge in [-0.1, -0.05) is 213 Å². The maximum absolute atomic E-state index is 12.3. The summed E-state index contributed by atoms with van der Waals surface area (Å²) in [6, 6.07) is 3.51. The minimum absolute atomic E-state index is 0.0224. The van der Waals surface area contributed by atoms with Gasteiger partial charge in [-0.3, -0.25) is 9.79 Å². The van der Waals surface area contributed by atoms with E-state index in [4.69, 9.17) is 4.52 Å². The summed E-state index contributed by atoms with van der Waals surface area (Å²) in [5, 5.41) is 0. The summed E-state index contributed by atoms with van der Waals surface area (Å²) in [5.74, 6) is -0.158. The van der Waals surface area contributed by atoms with Gasteiger partial charge in [0.1, 0.15) is 3.57 Å². The Morgan fingerprint density at radius 1 is 0.480 bits per heavy atom. The van der Waals surface area contributed by atoms with Gasteiger partial charge in [-0.2, -0.15) is 0 Å². The summed E-state index contributed by atoms with van der Waals surface area (Å²) < 4.78 is 41.3. The van der Waals surface area contributed by atoms with Gasteiger partial charge in [0.05, 0.1) is 0 Å². The lowest BCUT2D eigenvalue weighted by atomic mass is 9.99. The zero-order valence-corrected chi connectivity index (χ0v) is 35.6. The maximum atomic E-state index is 12.3. The summed E-state index contributed by atoms with van der Waals surface area (Å²) >= 11 is -4.04. The van der Waals surface area contributed by atoms with E-state index in [-0.39, 0.29) is 9.32 Å². The minimum atomic E-state index is -4.87. The van der Waals surface area contributed by atoms with E-state index in [1.54, 1.807) is 6.07 Å². The molecule has 0 aliphatic carbocycles. The molecule has 0 heterocycles. The molecule has 0 saturated carbocycles. The average molecular weight is 837 g/mol. The van der Waals surface area contributed by atoms with Crippen molar-refractivity contribution in [3.8, 4) is 5.75 Å². The van der Waals surface area contributed by atoms with Crippen molar-refractivity contribution in [2.24, 2.45) is 0 Å². The van der Waals surface area contributed by atoms with E-state index in [9.17, 15) is 20.5 Å². The van der Waals surface area contributed by atoms with Crippen LogP contribution in [0.25, 0.3) is 0 Å². The van der Waals surface area contributed by atoms with Crippen LogP contribution in [0.2, 0.25) is 0 Å². The third-order valence-electron chi connectivity index (χ3n) is 10.2. The summed E-state index contributed by atoms with van der Waals surface area (Å²) in [4.78, 5) is 19.0. The predicted octanol–water partition coefficient (Wildman–Crippen LogP) is 15.1. The molecule has 0 atom stereocenters. The Morgan fingerprint density at radius 3 is 1.08 bits per heavy atom.